The highest BCUT2D eigenvalue weighted by Crippen LogP contribution is 2.13. The van der Waals surface area contributed by atoms with Gasteiger partial charge in [-0.05, 0) is 0 Å². The molecule has 0 aliphatic rings. The number of H-pyrrole nitrogens is 1. The van der Waals surface area contributed by atoms with Crippen LogP contribution in [0.4, 0.5) is 0 Å². The van der Waals surface area contributed by atoms with Gasteiger partial charge in [-0.2, -0.15) is 5.10 Å². The molecule has 0 aromatic carbocycles. The molecule has 0 aliphatic heterocycles. The molecule has 0 atom stereocenters. The first-order valence-electron chi connectivity index (χ1n) is 3.18. The van der Waals surface area contributed by atoms with Crippen molar-refractivity contribution in [2.75, 3.05) is 0 Å². The Labute approximate surface area is 70.7 Å². The molecule has 2 aromatic heterocycles. The van der Waals surface area contributed by atoms with E-state index in [9.17, 15) is 4.79 Å². The molecule has 0 unspecified atom stereocenters. The van der Waals surface area contributed by atoms with Crippen LogP contribution in [0.5, 0.6) is 0 Å². The Morgan fingerprint density at radius 1 is 1.67 bits per heavy atom. The molecule has 5 nitrogen and oxygen atoms in total. The van der Waals surface area contributed by atoms with Crippen molar-refractivity contribution in [1.82, 2.24) is 15.2 Å². The minimum absolute atomic E-state index is 0.231. The quantitative estimate of drug-likeness (QED) is 0.633. The smallest absolute Gasteiger partial charge is 0.283 e. The lowest BCUT2D eigenvalue weighted by atomic mass is 10.4. The van der Waals surface area contributed by atoms with Crippen LogP contribution in [0.3, 0.4) is 0 Å². The van der Waals surface area contributed by atoms with Crippen molar-refractivity contribution in [2.24, 2.45) is 0 Å². The highest BCUT2D eigenvalue weighted by atomic mass is 32.1. The Balaban J connectivity index is 2.92. The van der Waals surface area contributed by atoms with Crippen molar-refractivity contribution in [2.45, 2.75) is 6.61 Å². The van der Waals surface area contributed by atoms with E-state index in [1.54, 1.807) is 0 Å². The molecule has 0 bridgehead atoms. The number of aromatic amines is 1. The minimum atomic E-state index is -0.291. The molecule has 0 amide bonds. The van der Waals surface area contributed by atoms with Gasteiger partial charge in [0, 0.05) is 0 Å². The summed E-state index contributed by atoms with van der Waals surface area (Å²) in [5.41, 5.74) is 3.10. The maximum Gasteiger partial charge on any atom is 0.283 e. The van der Waals surface area contributed by atoms with E-state index in [2.05, 4.69) is 20.7 Å². The minimum Gasteiger partial charge on any atom is -0.390 e. The van der Waals surface area contributed by atoms with Crippen LogP contribution in [0, 0.1) is 5.51 Å². The maximum atomic E-state index is 11.1. The van der Waals surface area contributed by atoms with Crippen molar-refractivity contribution in [3.63, 3.8) is 0 Å². The molecule has 12 heavy (non-hydrogen) atoms. The Kier molecular flexibility index (Phi) is 1.63. The predicted octanol–water partition coefficient (Wildman–Crippen LogP) is -0.328. The molecular weight excluding hydrogens is 178 g/mol. The molecule has 0 fully saturated rings. The van der Waals surface area contributed by atoms with Crippen molar-refractivity contribution in [1.29, 1.82) is 0 Å². The Bertz CT molecular complexity index is 461. The highest BCUT2D eigenvalue weighted by molar-refractivity contribution is 7.16. The van der Waals surface area contributed by atoms with Crippen LogP contribution in [-0.2, 0) is 6.61 Å². The Morgan fingerprint density at radius 3 is 3.25 bits per heavy atom. The fourth-order valence-corrected chi connectivity index (χ4v) is 1.52. The zero-order valence-corrected chi connectivity index (χ0v) is 6.68. The third-order valence-electron chi connectivity index (χ3n) is 1.44. The van der Waals surface area contributed by atoms with E-state index in [1.165, 1.54) is 0 Å². The fourth-order valence-electron chi connectivity index (χ4n) is 0.895. The number of aromatic nitrogens is 3. The summed E-state index contributed by atoms with van der Waals surface area (Å²) >= 11 is 1.11. The van der Waals surface area contributed by atoms with E-state index in [0.717, 1.165) is 11.3 Å². The summed E-state index contributed by atoms with van der Waals surface area (Å²) in [6.45, 7) is -0.231. The zero-order valence-electron chi connectivity index (χ0n) is 5.87. The molecule has 0 saturated carbocycles. The van der Waals surface area contributed by atoms with Crippen molar-refractivity contribution >= 4 is 21.6 Å². The first-order valence-corrected chi connectivity index (χ1v) is 3.99. The van der Waals surface area contributed by atoms with Crippen LogP contribution in [0.2, 0.25) is 0 Å². The molecule has 6 heteroatoms. The molecule has 0 aliphatic carbocycles. The van der Waals surface area contributed by atoms with E-state index in [1.807, 2.05) is 0 Å². The number of rotatable bonds is 1. The normalized spacial score (nSPS) is 10.8. The molecule has 2 heterocycles. The first-order chi connectivity index (χ1) is 5.83. The lowest BCUT2D eigenvalue weighted by Gasteiger charge is -1.93. The number of nitrogens with zero attached hydrogens (tertiary/aromatic N) is 2. The van der Waals surface area contributed by atoms with Gasteiger partial charge < -0.3 is 5.11 Å². The van der Waals surface area contributed by atoms with Crippen LogP contribution in [0.25, 0.3) is 10.2 Å². The Hall–Kier alpha value is -1.27. The lowest BCUT2D eigenvalue weighted by Crippen LogP contribution is -2.09. The van der Waals surface area contributed by atoms with E-state index in [4.69, 9.17) is 5.11 Å². The van der Waals surface area contributed by atoms with Crippen LogP contribution in [0.15, 0.2) is 4.79 Å². The van der Waals surface area contributed by atoms with Gasteiger partial charge in [-0.3, -0.25) is 4.79 Å². The maximum absolute atomic E-state index is 11.1. The molecule has 2 rings (SSSR count). The number of aliphatic hydroxyl groups is 1. The predicted molar refractivity (Wildman–Crippen MR) is 42.8 cm³/mol. The van der Waals surface area contributed by atoms with E-state index in [-0.39, 0.29) is 12.2 Å². The average Bonchev–Trinajstić information content (AvgIpc) is 2.54. The van der Waals surface area contributed by atoms with Crippen LogP contribution in [-0.4, -0.2) is 20.3 Å². The molecule has 2 aromatic rings. The van der Waals surface area contributed by atoms with Gasteiger partial charge in [-0.15, -0.1) is 11.3 Å². The number of nitrogens with one attached hydrogen (secondary N) is 1. The summed E-state index contributed by atoms with van der Waals surface area (Å²) in [5, 5.41) is 14.7. The van der Waals surface area contributed by atoms with Gasteiger partial charge in [-0.25, -0.2) is 10.1 Å². The molecule has 61 valence electrons. The van der Waals surface area contributed by atoms with Crippen molar-refractivity contribution in [3.8, 4) is 0 Å². The summed E-state index contributed by atoms with van der Waals surface area (Å²) in [6.07, 6.45) is 0. The topological polar surface area (TPSA) is 78.9 Å². The van der Waals surface area contributed by atoms with Crippen molar-refractivity contribution in [3.05, 3.63) is 21.6 Å². The second-order valence-electron chi connectivity index (χ2n) is 2.14. The molecule has 2 N–H and O–H groups in total. The first kappa shape index (κ1) is 7.38. The van der Waals surface area contributed by atoms with E-state index in [0.29, 0.717) is 15.9 Å². The molecular formula is C6H4N3O2S. The van der Waals surface area contributed by atoms with Gasteiger partial charge in [0.05, 0.1) is 6.61 Å². The summed E-state index contributed by atoms with van der Waals surface area (Å²) < 4.78 is 0.453. The number of fused-ring (bicyclic) bond motifs is 1. The second-order valence-corrected chi connectivity index (χ2v) is 2.94. The van der Waals surface area contributed by atoms with Gasteiger partial charge in [0.15, 0.2) is 5.51 Å². The molecule has 0 saturated heterocycles. The summed E-state index contributed by atoms with van der Waals surface area (Å²) in [4.78, 5) is 14.9. The lowest BCUT2D eigenvalue weighted by molar-refractivity contribution is 0.277. The van der Waals surface area contributed by atoms with Crippen LogP contribution < -0.4 is 5.56 Å². The number of hydrogen-bond acceptors (Lipinski definition) is 5. The third kappa shape index (κ3) is 0.926. The summed E-state index contributed by atoms with van der Waals surface area (Å²) in [6, 6.07) is 0. The zero-order chi connectivity index (χ0) is 8.55. The van der Waals surface area contributed by atoms with Crippen LogP contribution >= 0.6 is 11.3 Å². The van der Waals surface area contributed by atoms with E-state index < -0.39 is 0 Å². The second kappa shape index (κ2) is 2.65. The van der Waals surface area contributed by atoms with Crippen LogP contribution in [0.1, 0.15) is 5.69 Å². The number of aliphatic hydroxyl groups excluding tert-OH is 1. The summed E-state index contributed by atoms with van der Waals surface area (Å²) in [5.74, 6) is 0. The van der Waals surface area contributed by atoms with Gasteiger partial charge in [0.25, 0.3) is 5.56 Å². The average molecular weight is 182 g/mol. The van der Waals surface area contributed by atoms with E-state index >= 15 is 0 Å². The van der Waals surface area contributed by atoms with Gasteiger partial charge in [0.2, 0.25) is 0 Å². The largest absolute Gasteiger partial charge is 0.390 e. The molecule has 0 spiro atoms. The van der Waals surface area contributed by atoms with Gasteiger partial charge in [0.1, 0.15) is 15.9 Å². The fraction of sp³-hybridized carbons (Fsp3) is 0.167. The number of hydrogen-bond donors (Lipinski definition) is 2. The van der Waals surface area contributed by atoms with Gasteiger partial charge in [-0.1, -0.05) is 0 Å². The highest BCUT2D eigenvalue weighted by Gasteiger charge is 2.07. The standard InChI is InChI=1S/C6H4N3O2S/c10-1-3-4-5(12-2-7-4)6(11)9-8-3/h10H,1H2,(H,9,11). The Morgan fingerprint density at radius 2 is 2.50 bits per heavy atom. The molecule has 1 radical (unpaired) electrons. The number of thiazole rings is 1. The summed E-state index contributed by atoms with van der Waals surface area (Å²) in [7, 11) is 0. The van der Waals surface area contributed by atoms with Crippen molar-refractivity contribution < 1.29 is 5.11 Å². The monoisotopic (exact) mass is 182 g/mol. The SMILES string of the molecule is O=c1[nH]nc(CO)c2n[c]sc12. The third-order valence-corrected chi connectivity index (χ3v) is 2.21. The van der Waals surface area contributed by atoms with Gasteiger partial charge >= 0.3 is 0 Å².